The first-order valence-electron chi connectivity index (χ1n) is 7.55. The SMILES string of the molecule is NC(CCN1CC2CCC(O)C2C1)c1cccc(Br)c1. The van der Waals surface area contributed by atoms with Crippen LogP contribution in [0.25, 0.3) is 0 Å². The summed E-state index contributed by atoms with van der Waals surface area (Å²) in [4.78, 5) is 2.48. The molecule has 2 aliphatic rings. The molecular formula is C16H23BrN2O. The van der Waals surface area contributed by atoms with Gasteiger partial charge in [0.1, 0.15) is 0 Å². The molecule has 1 saturated heterocycles. The maximum Gasteiger partial charge on any atom is 0.0583 e. The van der Waals surface area contributed by atoms with Crippen molar-refractivity contribution in [1.29, 1.82) is 0 Å². The fourth-order valence-electron chi connectivity index (χ4n) is 3.74. The zero-order chi connectivity index (χ0) is 14.1. The zero-order valence-corrected chi connectivity index (χ0v) is 13.3. The molecule has 3 N–H and O–H groups in total. The van der Waals surface area contributed by atoms with Crippen LogP contribution in [0.2, 0.25) is 0 Å². The maximum atomic E-state index is 9.95. The van der Waals surface area contributed by atoms with E-state index in [0.29, 0.717) is 11.8 Å². The third-order valence-corrected chi connectivity index (χ3v) is 5.42. The van der Waals surface area contributed by atoms with Gasteiger partial charge in [0.15, 0.2) is 0 Å². The first kappa shape index (κ1) is 14.5. The highest BCUT2D eigenvalue weighted by Crippen LogP contribution is 2.38. The normalized spacial score (nSPS) is 31.4. The van der Waals surface area contributed by atoms with Crippen LogP contribution in [0.5, 0.6) is 0 Å². The lowest BCUT2D eigenvalue weighted by molar-refractivity contribution is 0.124. The number of likely N-dealkylation sites (tertiary alicyclic amines) is 1. The zero-order valence-electron chi connectivity index (χ0n) is 11.7. The summed E-state index contributed by atoms with van der Waals surface area (Å²) >= 11 is 3.49. The molecule has 4 atom stereocenters. The predicted octanol–water partition coefficient (Wildman–Crippen LogP) is 2.54. The monoisotopic (exact) mass is 338 g/mol. The Hall–Kier alpha value is -0.420. The Morgan fingerprint density at radius 3 is 2.95 bits per heavy atom. The van der Waals surface area contributed by atoms with Gasteiger partial charge in [0.25, 0.3) is 0 Å². The van der Waals surface area contributed by atoms with Crippen LogP contribution in [-0.2, 0) is 0 Å². The molecule has 1 aliphatic carbocycles. The van der Waals surface area contributed by atoms with Crippen molar-refractivity contribution in [2.75, 3.05) is 19.6 Å². The van der Waals surface area contributed by atoms with Gasteiger partial charge in [0.05, 0.1) is 6.10 Å². The van der Waals surface area contributed by atoms with Crippen molar-refractivity contribution < 1.29 is 5.11 Å². The highest BCUT2D eigenvalue weighted by molar-refractivity contribution is 9.10. The van der Waals surface area contributed by atoms with E-state index in [1.165, 1.54) is 12.0 Å². The second-order valence-electron chi connectivity index (χ2n) is 6.28. The molecule has 0 amide bonds. The number of halogens is 1. The van der Waals surface area contributed by atoms with Crippen LogP contribution in [0.4, 0.5) is 0 Å². The molecule has 1 aromatic carbocycles. The molecule has 0 radical (unpaired) electrons. The number of hydrogen-bond acceptors (Lipinski definition) is 3. The number of nitrogens with zero attached hydrogens (tertiary/aromatic N) is 1. The van der Waals surface area contributed by atoms with Crippen molar-refractivity contribution in [3.05, 3.63) is 34.3 Å². The van der Waals surface area contributed by atoms with E-state index < -0.39 is 0 Å². The quantitative estimate of drug-likeness (QED) is 0.886. The molecule has 4 heteroatoms. The average Bonchev–Trinajstić information content (AvgIpc) is 2.98. The molecule has 0 aromatic heterocycles. The average molecular weight is 339 g/mol. The summed E-state index contributed by atoms with van der Waals surface area (Å²) in [7, 11) is 0. The lowest BCUT2D eigenvalue weighted by Gasteiger charge is -2.20. The summed E-state index contributed by atoms with van der Waals surface area (Å²) in [5.74, 6) is 1.23. The molecule has 3 nitrogen and oxygen atoms in total. The second-order valence-corrected chi connectivity index (χ2v) is 7.19. The van der Waals surface area contributed by atoms with Gasteiger partial charge in [-0.05, 0) is 49.4 Å². The number of aliphatic hydroxyl groups excluding tert-OH is 1. The molecule has 0 spiro atoms. The first-order chi connectivity index (χ1) is 9.63. The standard InChI is InChI=1S/C16H23BrN2O/c17-13-3-1-2-11(8-13)15(18)6-7-19-9-12-4-5-16(20)14(12)10-19/h1-3,8,12,14-16,20H,4-7,9-10,18H2. The van der Waals surface area contributed by atoms with E-state index in [2.05, 4.69) is 33.0 Å². The fraction of sp³-hybridized carbons (Fsp3) is 0.625. The summed E-state index contributed by atoms with van der Waals surface area (Å²) in [5.41, 5.74) is 7.48. The van der Waals surface area contributed by atoms with Crippen molar-refractivity contribution in [1.82, 2.24) is 4.90 Å². The van der Waals surface area contributed by atoms with Gasteiger partial charge < -0.3 is 15.7 Å². The van der Waals surface area contributed by atoms with Crippen LogP contribution >= 0.6 is 15.9 Å². The Bertz CT molecular complexity index is 468. The molecule has 1 saturated carbocycles. The Balaban J connectivity index is 1.50. The van der Waals surface area contributed by atoms with Gasteiger partial charge in [0.2, 0.25) is 0 Å². The van der Waals surface area contributed by atoms with Gasteiger partial charge in [-0.3, -0.25) is 0 Å². The molecule has 1 aliphatic heterocycles. The number of hydrogen-bond donors (Lipinski definition) is 2. The van der Waals surface area contributed by atoms with E-state index in [1.54, 1.807) is 0 Å². The number of rotatable bonds is 4. The van der Waals surface area contributed by atoms with Crippen LogP contribution in [0.15, 0.2) is 28.7 Å². The van der Waals surface area contributed by atoms with E-state index in [1.807, 2.05) is 12.1 Å². The largest absolute Gasteiger partial charge is 0.393 e. The molecular weight excluding hydrogens is 316 g/mol. The fourth-order valence-corrected chi connectivity index (χ4v) is 4.15. The van der Waals surface area contributed by atoms with Gasteiger partial charge in [-0.15, -0.1) is 0 Å². The van der Waals surface area contributed by atoms with E-state index in [9.17, 15) is 5.11 Å². The Kier molecular flexibility index (Phi) is 4.46. The van der Waals surface area contributed by atoms with Crippen molar-refractivity contribution in [2.45, 2.75) is 31.4 Å². The minimum Gasteiger partial charge on any atom is -0.393 e. The number of nitrogens with two attached hydrogens (primary N) is 1. The van der Waals surface area contributed by atoms with E-state index in [-0.39, 0.29) is 12.1 Å². The summed E-state index contributed by atoms with van der Waals surface area (Å²) in [6.45, 7) is 3.23. The molecule has 20 heavy (non-hydrogen) atoms. The van der Waals surface area contributed by atoms with E-state index in [4.69, 9.17) is 5.73 Å². The number of fused-ring (bicyclic) bond motifs is 1. The highest BCUT2D eigenvalue weighted by Gasteiger charge is 2.41. The molecule has 110 valence electrons. The van der Waals surface area contributed by atoms with Crippen molar-refractivity contribution in [2.24, 2.45) is 17.6 Å². The topological polar surface area (TPSA) is 49.5 Å². The molecule has 3 rings (SSSR count). The molecule has 4 unspecified atom stereocenters. The van der Waals surface area contributed by atoms with Crippen molar-refractivity contribution in [3.8, 4) is 0 Å². The number of aliphatic hydroxyl groups is 1. The smallest absolute Gasteiger partial charge is 0.0583 e. The first-order valence-corrected chi connectivity index (χ1v) is 8.34. The summed E-state index contributed by atoms with van der Waals surface area (Å²) < 4.78 is 1.09. The molecule has 1 aromatic rings. The van der Waals surface area contributed by atoms with Crippen LogP contribution in [0, 0.1) is 11.8 Å². The van der Waals surface area contributed by atoms with Gasteiger partial charge >= 0.3 is 0 Å². The molecule has 1 heterocycles. The van der Waals surface area contributed by atoms with Crippen LogP contribution in [-0.4, -0.2) is 35.7 Å². The van der Waals surface area contributed by atoms with Crippen LogP contribution in [0.1, 0.15) is 30.9 Å². The Morgan fingerprint density at radius 2 is 2.20 bits per heavy atom. The van der Waals surface area contributed by atoms with Gasteiger partial charge in [0, 0.05) is 29.5 Å². The lowest BCUT2D eigenvalue weighted by atomic mass is 10.00. The third kappa shape index (κ3) is 3.08. The number of benzene rings is 1. The highest BCUT2D eigenvalue weighted by atomic mass is 79.9. The van der Waals surface area contributed by atoms with E-state index >= 15 is 0 Å². The van der Waals surface area contributed by atoms with E-state index in [0.717, 1.165) is 36.9 Å². The third-order valence-electron chi connectivity index (χ3n) is 4.93. The van der Waals surface area contributed by atoms with Crippen LogP contribution < -0.4 is 5.73 Å². The minimum atomic E-state index is -0.0660. The summed E-state index contributed by atoms with van der Waals surface area (Å²) in [5, 5.41) is 9.95. The van der Waals surface area contributed by atoms with Crippen LogP contribution in [0.3, 0.4) is 0 Å². The van der Waals surface area contributed by atoms with Gasteiger partial charge in [-0.2, -0.15) is 0 Å². The van der Waals surface area contributed by atoms with Gasteiger partial charge in [-0.25, -0.2) is 0 Å². The Labute approximate surface area is 129 Å². The lowest BCUT2D eigenvalue weighted by Crippen LogP contribution is -2.28. The van der Waals surface area contributed by atoms with Gasteiger partial charge in [-0.1, -0.05) is 28.1 Å². The Morgan fingerprint density at radius 1 is 1.35 bits per heavy atom. The molecule has 0 bridgehead atoms. The van der Waals surface area contributed by atoms with Crippen molar-refractivity contribution >= 4 is 15.9 Å². The summed E-state index contributed by atoms with van der Waals surface area (Å²) in [6, 6.07) is 8.36. The maximum absolute atomic E-state index is 9.95. The van der Waals surface area contributed by atoms with Crippen molar-refractivity contribution in [3.63, 3.8) is 0 Å². The minimum absolute atomic E-state index is 0.0660. The summed E-state index contributed by atoms with van der Waals surface area (Å²) in [6.07, 6.45) is 3.11. The molecule has 2 fully saturated rings. The second kappa shape index (κ2) is 6.14. The predicted molar refractivity (Wildman–Crippen MR) is 84.3 cm³/mol.